The molecule has 0 radical (unpaired) electrons. The van der Waals surface area contributed by atoms with Gasteiger partial charge in [0.05, 0.1) is 17.6 Å². The first-order valence-corrected chi connectivity index (χ1v) is 7.94. The lowest BCUT2D eigenvalue weighted by molar-refractivity contribution is 0.282. The summed E-state index contributed by atoms with van der Waals surface area (Å²) in [5.74, 6) is 0.271. The summed E-state index contributed by atoms with van der Waals surface area (Å²) in [5.41, 5.74) is 8.42. The van der Waals surface area contributed by atoms with Gasteiger partial charge in [-0.05, 0) is 24.6 Å². The Hall–Kier alpha value is -3.19. The number of fused-ring (bicyclic) bond motifs is 3. The molecule has 2 heterocycles. The van der Waals surface area contributed by atoms with Crippen LogP contribution in [0.4, 0.5) is 5.82 Å². The largest absolute Gasteiger partial charge is 0.392 e. The molecule has 0 unspecified atom stereocenters. The summed E-state index contributed by atoms with van der Waals surface area (Å²) in [7, 11) is 0. The summed E-state index contributed by atoms with van der Waals surface area (Å²) in [6.07, 6.45) is 0. The van der Waals surface area contributed by atoms with Crippen LogP contribution >= 0.6 is 0 Å². The fourth-order valence-corrected chi connectivity index (χ4v) is 2.51. The third-order valence-corrected chi connectivity index (χ3v) is 3.76. The summed E-state index contributed by atoms with van der Waals surface area (Å²) in [4.78, 5) is 16.3. The zero-order chi connectivity index (χ0) is 17.8. The number of rotatable bonds is 2. The van der Waals surface area contributed by atoms with Crippen LogP contribution in [0.1, 0.15) is 12.5 Å². The number of nitrogen functional groups attached to an aromatic ring is 1. The Morgan fingerprint density at radius 2 is 1.76 bits per heavy atom. The first-order chi connectivity index (χ1) is 12.2. The zero-order valence-electron chi connectivity index (χ0n) is 13.8. The zero-order valence-corrected chi connectivity index (χ0v) is 13.8. The van der Waals surface area contributed by atoms with Crippen molar-refractivity contribution in [2.45, 2.75) is 20.1 Å². The number of anilines is 1. The topological polar surface area (TPSA) is 98.4 Å². The molecule has 0 aliphatic heterocycles. The van der Waals surface area contributed by atoms with E-state index >= 15 is 0 Å². The van der Waals surface area contributed by atoms with E-state index in [0.29, 0.717) is 17.7 Å². The predicted octanol–water partition coefficient (Wildman–Crippen LogP) is 1.83. The number of aliphatic hydroxyl groups is 1. The number of aliphatic hydroxyl groups excluding tert-OH is 1. The number of hydrogen-bond donors (Lipinski definition) is 2. The Kier molecular flexibility index (Phi) is 4.76. The normalized spacial score (nSPS) is 10.6. The van der Waals surface area contributed by atoms with Crippen molar-refractivity contribution in [1.82, 2.24) is 19.2 Å². The third-order valence-electron chi connectivity index (χ3n) is 3.76. The van der Waals surface area contributed by atoms with Gasteiger partial charge in [-0.3, -0.25) is 0 Å². The molecular formula is C18H19N5O2. The minimum absolute atomic E-state index is 0.140. The quantitative estimate of drug-likeness (QED) is 0.581. The van der Waals surface area contributed by atoms with E-state index in [-0.39, 0.29) is 18.1 Å². The number of aromatic nitrogens is 4. The highest BCUT2D eigenvalue weighted by molar-refractivity contribution is 5.81. The van der Waals surface area contributed by atoms with Crippen LogP contribution in [0.15, 0.2) is 59.4 Å². The van der Waals surface area contributed by atoms with E-state index in [4.69, 9.17) is 10.8 Å². The Labute approximate surface area is 144 Å². The van der Waals surface area contributed by atoms with Crippen molar-refractivity contribution in [3.05, 3.63) is 70.6 Å². The average molecular weight is 337 g/mol. The number of aryl methyl sites for hydroxylation is 1. The second kappa shape index (κ2) is 7.14. The lowest BCUT2D eigenvalue weighted by atomic mass is 10.2. The fourth-order valence-electron chi connectivity index (χ4n) is 2.51. The molecule has 0 saturated heterocycles. The van der Waals surface area contributed by atoms with Gasteiger partial charge in [-0.15, -0.1) is 5.10 Å². The number of nitrogens with zero attached hydrogens (tertiary/aromatic N) is 4. The van der Waals surface area contributed by atoms with E-state index in [0.717, 1.165) is 11.1 Å². The Balaban J connectivity index is 0.000000192. The standard InChI is InChI=1S/C11H11N5O.C7H8O/c1-2-15-11(17)16-8-6-4-3-5-7(8)13-9(12)10(16)14-15;8-6-7-4-2-1-3-5-7/h3-6H,2H2,1H3,(H2,12,13);1-5,8H,6H2. The van der Waals surface area contributed by atoms with Crippen LogP contribution in [-0.2, 0) is 13.2 Å². The van der Waals surface area contributed by atoms with Crippen molar-refractivity contribution in [2.24, 2.45) is 0 Å². The third kappa shape index (κ3) is 3.22. The van der Waals surface area contributed by atoms with Crippen LogP contribution in [0.2, 0.25) is 0 Å². The molecule has 0 atom stereocenters. The van der Waals surface area contributed by atoms with Gasteiger partial charge >= 0.3 is 5.69 Å². The van der Waals surface area contributed by atoms with E-state index in [9.17, 15) is 4.79 Å². The molecule has 0 bridgehead atoms. The van der Waals surface area contributed by atoms with Crippen molar-refractivity contribution in [3.8, 4) is 0 Å². The second-order valence-electron chi connectivity index (χ2n) is 5.39. The monoisotopic (exact) mass is 337 g/mol. The molecule has 0 aliphatic rings. The Morgan fingerprint density at radius 1 is 1.08 bits per heavy atom. The van der Waals surface area contributed by atoms with Crippen LogP contribution in [0, 0.1) is 0 Å². The average Bonchev–Trinajstić information content (AvgIpc) is 3.01. The van der Waals surface area contributed by atoms with E-state index in [1.807, 2.05) is 61.5 Å². The molecule has 0 amide bonds. The minimum atomic E-state index is -0.187. The molecule has 0 saturated carbocycles. The maximum absolute atomic E-state index is 12.1. The van der Waals surface area contributed by atoms with E-state index in [2.05, 4.69) is 10.1 Å². The van der Waals surface area contributed by atoms with Crippen LogP contribution < -0.4 is 11.4 Å². The van der Waals surface area contributed by atoms with Gasteiger partial charge < -0.3 is 10.8 Å². The minimum Gasteiger partial charge on any atom is -0.392 e. The summed E-state index contributed by atoms with van der Waals surface area (Å²) in [6, 6.07) is 16.9. The van der Waals surface area contributed by atoms with Crippen LogP contribution in [0.5, 0.6) is 0 Å². The van der Waals surface area contributed by atoms with E-state index < -0.39 is 0 Å². The van der Waals surface area contributed by atoms with Gasteiger partial charge in [0.1, 0.15) is 0 Å². The molecule has 4 aromatic rings. The molecule has 2 aromatic carbocycles. The molecule has 128 valence electrons. The molecule has 3 N–H and O–H groups in total. The van der Waals surface area contributed by atoms with Crippen molar-refractivity contribution >= 4 is 22.5 Å². The molecular weight excluding hydrogens is 318 g/mol. The SMILES string of the molecule is CCn1nc2c(N)nc3ccccc3n2c1=O.OCc1ccccc1. The molecule has 4 rings (SSSR count). The molecule has 7 heteroatoms. The summed E-state index contributed by atoms with van der Waals surface area (Å²) < 4.78 is 2.88. The maximum Gasteiger partial charge on any atom is 0.350 e. The maximum atomic E-state index is 12.1. The number of nitrogens with two attached hydrogens (primary N) is 1. The fraction of sp³-hybridized carbons (Fsp3) is 0.167. The smallest absolute Gasteiger partial charge is 0.350 e. The number of hydrogen-bond acceptors (Lipinski definition) is 5. The molecule has 25 heavy (non-hydrogen) atoms. The molecule has 0 aliphatic carbocycles. The van der Waals surface area contributed by atoms with Crippen molar-refractivity contribution in [1.29, 1.82) is 0 Å². The van der Waals surface area contributed by atoms with Crippen LogP contribution in [0.25, 0.3) is 16.7 Å². The summed E-state index contributed by atoms with van der Waals surface area (Å²) in [6.45, 7) is 2.51. The van der Waals surface area contributed by atoms with E-state index in [1.165, 1.54) is 9.08 Å². The lowest BCUT2D eigenvalue weighted by Crippen LogP contribution is -2.20. The highest BCUT2D eigenvalue weighted by Crippen LogP contribution is 2.15. The molecule has 0 fully saturated rings. The van der Waals surface area contributed by atoms with Gasteiger partial charge in [0, 0.05) is 6.54 Å². The van der Waals surface area contributed by atoms with E-state index in [1.54, 1.807) is 0 Å². The highest BCUT2D eigenvalue weighted by atomic mass is 16.3. The summed E-state index contributed by atoms with van der Waals surface area (Å²) >= 11 is 0. The molecule has 2 aromatic heterocycles. The highest BCUT2D eigenvalue weighted by Gasteiger charge is 2.12. The first kappa shape index (κ1) is 16.7. The van der Waals surface area contributed by atoms with Crippen molar-refractivity contribution < 1.29 is 5.11 Å². The van der Waals surface area contributed by atoms with Crippen LogP contribution in [0.3, 0.4) is 0 Å². The second-order valence-corrected chi connectivity index (χ2v) is 5.39. The van der Waals surface area contributed by atoms with Gasteiger partial charge in [0.25, 0.3) is 0 Å². The van der Waals surface area contributed by atoms with Gasteiger partial charge in [-0.25, -0.2) is 18.9 Å². The van der Waals surface area contributed by atoms with Crippen molar-refractivity contribution in [3.63, 3.8) is 0 Å². The molecule has 7 nitrogen and oxygen atoms in total. The number of benzene rings is 2. The number of para-hydroxylation sites is 2. The van der Waals surface area contributed by atoms with Gasteiger partial charge in [-0.1, -0.05) is 42.5 Å². The van der Waals surface area contributed by atoms with Crippen LogP contribution in [-0.4, -0.2) is 24.3 Å². The van der Waals surface area contributed by atoms with Gasteiger partial charge in [0.2, 0.25) is 5.65 Å². The predicted molar refractivity (Wildman–Crippen MR) is 97.2 cm³/mol. The first-order valence-electron chi connectivity index (χ1n) is 7.94. The lowest BCUT2D eigenvalue weighted by Gasteiger charge is -2.01. The van der Waals surface area contributed by atoms with Gasteiger partial charge in [0.15, 0.2) is 5.82 Å². The molecule has 0 spiro atoms. The van der Waals surface area contributed by atoms with Crippen molar-refractivity contribution in [2.75, 3.05) is 5.73 Å². The Morgan fingerprint density at radius 3 is 2.40 bits per heavy atom. The Bertz CT molecular complexity index is 1050. The van der Waals surface area contributed by atoms with Gasteiger partial charge in [-0.2, -0.15) is 0 Å². The summed E-state index contributed by atoms with van der Waals surface area (Å²) in [5, 5.41) is 12.7.